The third-order valence-corrected chi connectivity index (χ3v) is 6.84. The second-order valence-electron chi connectivity index (χ2n) is 8.72. The van der Waals surface area contributed by atoms with Crippen molar-refractivity contribution in [2.75, 3.05) is 27.7 Å². The van der Waals surface area contributed by atoms with Gasteiger partial charge >= 0.3 is 0 Å². The minimum absolute atomic E-state index is 0.124. The number of benzene rings is 1. The molecular weight excluding hydrogens is 370 g/mol. The van der Waals surface area contributed by atoms with E-state index in [0.717, 1.165) is 43.8 Å². The highest BCUT2D eigenvalue weighted by atomic mass is 16.1. The Morgan fingerprint density at radius 2 is 2.10 bits per heavy atom. The average molecular weight is 412 g/mol. The average Bonchev–Trinajstić information content (AvgIpc) is 3.21. The van der Waals surface area contributed by atoms with E-state index in [0.29, 0.717) is 12.5 Å². The highest BCUT2D eigenvalue weighted by molar-refractivity contribution is 5.53. The van der Waals surface area contributed by atoms with Gasteiger partial charge in [-0.25, -0.2) is 0 Å². The van der Waals surface area contributed by atoms with Crippen LogP contribution < -0.4 is 5.32 Å². The predicted molar refractivity (Wildman–Crippen MR) is 128 cm³/mol. The van der Waals surface area contributed by atoms with E-state index < -0.39 is 0 Å². The van der Waals surface area contributed by atoms with Gasteiger partial charge in [-0.15, -0.1) is 0 Å². The summed E-state index contributed by atoms with van der Waals surface area (Å²) in [5.74, 6) is 0.736. The summed E-state index contributed by atoms with van der Waals surface area (Å²) in [5.41, 5.74) is 4.85. The van der Waals surface area contributed by atoms with Crippen LogP contribution >= 0.6 is 0 Å². The maximum atomic E-state index is 10.9. The van der Waals surface area contributed by atoms with Gasteiger partial charge in [-0.3, -0.25) is 4.90 Å². The Hall–Kier alpha value is -1.91. The van der Waals surface area contributed by atoms with Gasteiger partial charge in [0.15, 0.2) is 0 Å². The van der Waals surface area contributed by atoms with E-state index in [1.54, 1.807) is 0 Å². The van der Waals surface area contributed by atoms with Gasteiger partial charge in [0.25, 0.3) is 0 Å². The highest BCUT2D eigenvalue weighted by Crippen LogP contribution is 2.32. The van der Waals surface area contributed by atoms with Crippen LogP contribution in [0.3, 0.4) is 0 Å². The molecule has 30 heavy (non-hydrogen) atoms. The topological polar surface area (TPSA) is 35.6 Å². The molecule has 2 rings (SSSR count). The van der Waals surface area contributed by atoms with E-state index in [1.807, 2.05) is 13.1 Å². The fourth-order valence-corrected chi connectivity index (χ4v) is 4.93. The number of likely N-dealkylation sites (N-methyl/N-ethyl adjacent to an activating group) is 2. The second-order valence-corrected chi connectivity index (χ2v) is 8.72. The van der Waals surface area contributed by atoms with Crippen molar-refractivity contribution in [1.29, 1.82) is 0 Å². The third-order valence-electron chi connectivity index (χ3n) is 6.84. The fourth-order valence-electron chi connectivity index (χ4n) is 4.93. The second kappa shape index (κ2) is 12.1. The predicted octanol–water partition coefficient (Wildman–Crippen LogP) is 4.51. The molecule has 0 aliphatic heterocycles. The Bertz CT molecular complexity index is 714. The molecule has 1 aromatic rings. The zero-order valence-electron chi connectivity index (χ0n) is 19.5. The van der Waals surface area contributed by atoms with Crippen molar-refractivity contribution in [1.82, 2.24) is 15.1 Å². The smallest absolute Gasteiger partial charge is 0.120 e. The Balaban J connectivity index is 2.18. The molecule has 0 saturated heterocycles. The number of hydrogen-bond acceptors (Lipinski definition) is 4. The molecule has 1 N–H and O–H groups in total. The number of hydrogen-bond donors (Lipinski definition) is 1. The van der Waals surface area contributed by atoms with Gasteiger partial charge in [-0.2, -0.15) is 0 Å². The zero-order chi connectivity index (χ0) is 22.1. The molecule has 0 heterocycles. The maximum absolute atomic E-state index is 10.9. The lowest BCUT2D eigenvalue weighted by Gasteiger charge is -2.30. The zero-order valence-corrected chi connectivity index (χ0v) is 19.5. The molecule has 1 aliphatic rings. The minimum Gasteiger partial charge on any atom is -0.391 e. The van der Waals surface area contributed by atoms with Crippen LogP contribution in [-0.4, -0.2) is 55.9 Å². The number of carbonyl (C=O) groups is 1. The molecule has 4 nitrogen and oxygen atoms in total. The molecular formula is C26H41N3O. The lowest BCUT2D eigenvalue weighted by molar-refractivity contribution is -0.108. The van der Waals surface area contributed by atoms with Crippen LogP contribution in [0.5, 0.6) is 0 Å². The van der Waals surface area contributed by atoms with Crippen molar-refractivity contribution in [3.05, 3.63) is 53.7 Å². The van der Waals surface area contributed by atoms with E-state index in [4.69, 9.17) is 0 Å². The summed E-state index contributed by atoms with van der Waals surface area (Å²) in [7, 11) is 6.27. The summed E-state index contributed by atoms with van der Waals surface area (Å²) in [6.07, 6.45) is 9.37. The number of carbonyl (C=O) groups excluding carboxylic acids is 1. The van der Waals surface area contributed by atoms with E-state index in [1.165, 1.54) is 36.0 Å². The molecule has 1 fully saturated rings. The van der Waals surface area contributed by atoms with Gasteiger partial charge in [0.2, 0.25) is 0 Å². The van der Waals surface area contributed by atoms with Gasteiger partial charge in [0.05, 0.1) is 0 Å². The molecule has 0 aromatic heterocycles. The van der Waals surface area contributed by atoms with Crippen LogP contribution in [0.4, 0.5) is 0 Å². The normalized spacial score (nSPS) is 19.8. The summed E-state index contributed by atoms with van der Waals surface area (Å²) in [6, 6.07) is 7.68. The maximum Gasteiger partial charge on any atom is 0.120 e. The molecule has 4 heteroatoms. The number of rotatable bonds is 13. The van der Waals surface area contributed by atoms with Crippen LogP contribution in [0.1, 0.15) is 55.7 Å². The number of nitrogens with one attached hydrogen (secondary N) is 1. The van der Waals surface area contributed by atoms with Crippen LogP contribution in [0.25, 0.3) is 6.08 Å². The van der Waals surface area contributed by atoms with Crippen molar-refractivity contribution in [2.45, 2.75) is 64.1 Å². The quantitative estimate of drug-likeness (QED) is 0.485. The van der Waals surface area contributed by atoms with Crippen LogP contribution in [0, 0.1) is 5.92 Å². The van der Waals surface area contributed by atoms with Crippen molar-refractivity contribution in [3.8, 4) is 0 Å². The van der Waals surface area contributed by atoms with Crippen LogP contribution in [0.2, 0.25) is 0 Å². The third kappa shape index (κ3) is 6.29. The standard InChI is InChI=1S/C26H41N3O/c1-7-22-15-14-21(17-23-11-9-12-26(23)28(5)8-2)18-24(22)19-29(6)25(13-10-16-30)20(3)27-4/h7,14-16,18,23,25-27H,1,3,8-13,17,19H2,2,4-6H3. The Kier molecular flexibility index (Phi) is 9.80. The molecule has 0 amide bonds. The van der Waals surface area contributed by atoms with Crippen LogP contribution in [-0.2, 0) is 17.8 Å². The Morgan fingerprint density at radius 1 is 1.33 bits per heavy atom. The van der Waals surface area contributed by atoms with Gasteiger partial charge in [0, 0.05) is 37.8 Å². The first-order chi connectivity index (χ1) is 14.4. The van der Waals surface area contributed by atoms with E-state index in [9.17, 15) is 4.79 Å². The minimum atomic E-state index is 0.124. The van der Waals surface area contributed by atoms with E-state index in [-0.39, 0.29) is 6.04 Å². The van der Waals surface area contributed by atoms with Crippen molar-refractivity contribution >= 4 is 12.4 Å². The van der Waals surface area contributed by atoms with Gasteiger partial charge < -0.3 is 15.0 Å². The van der Waals surface area contributed by atoms with Crippen molar-refractivity contribution < 1.29 is 4.79 Å². The fraction of sp³-hybridized carbons (Fsp3) is 0.577. The molecule has 1 aromatic carbocycles. The largest absolute Gasteiger partial charge is 0.391 e. The Labute approximate surface area is 184 Å². The molecule has 0 bridgehead atoms. The van der Waals surface area contributed by atoms with Crippen LogP contribution in [0.15, 0.2) is 37.1 Å². The Morgan fingerprint density at radius 3 is 2.73 bits per heavy atom. The number of aldehydes is 1. The summed E-state index contributed by atoms with van der Waals surface area (Å²) < 4.78 is 0. The van der Waals surface area contributed by atoms with Crippen molar-refractivity contribution in [2.24, 2.45) is 5.92 Å². The highest BCUT2D eigenvalue weighted by Gasteiger charge is 2.29. The molecule has 1 aliphatic carbocycles. The van der Waals surface area contributed by atoms with E-state index in [2.05, 4.69) is 67.5 Å². The summed E-state index contributed by atoms with van der Waals surface area (Å²) in [5, 5.41) is 3.17. The molecule has 0 radical (unpaired) electrons. The summed E-state index contributed by atoms with van der Waals surface area (Å²) >= 11 is 0. The first-order valence-corrected chi connectivity index (χ1v) is 11.4. The van der Waals surface area contributed by atoms with Gasteiger partial charge in [-0.1, -0.05) is 50.8 Å². The molecule has 0 spiro atoms. The first kappa shape index (κ1) is 24.4. The SMILES string of the molecule is C=Cc1ccc(CC2CCCC2N(C)CC)cc1CN(C)C(CCC=O)C(=C)NC. The summed E-state index contributed by atoms with van der Waals surface area (Å²) in [4.78, 5) is 15.7. The molecule has 3 atom stereocenters. The monoisotopic (exact) mass is 411 g/mol. The summed E-state index contributed by atoms with van der Waals surface area (Å²) in [6.45, 7) is 12.4. The van der Waals surface area contributed by atoms with E-state index >= 15 is 0 Å². The molecule has 3 unspecified atom stereocenters. The first-order valence-electron chi connectivity index (χ1n) is 11.4. The molecule has 166 valence electrons. The van der Waals surface area contributed by atoms with Gasteiger partial charge in [0.1, 0.15) is 6.29 Å². The van der Waals surface area contributed by atoms with Crippen molar-refractivity contribution in [3.63, 3.8) is 0 Å². The molecule has 1 saturated carbocycles. The van der Waals surface area contributed by atoms with Gasteiger partial charge in [-0.05, 0) is 68.9 Å². The lowest BCUT2D eigenvalue weighted by Crippen LogP contribution is -2.37. The number of nitrogens with zero attached hydrogens (tertiary/aromatic N) is 2. The lowest BCUT2D eigenvalue weighted by atomic mass is 9.91.